The zero-order valence-corrected chi connectivity index (χ0v) is 23.4. The average Bonchev–Trinajstić information content (AvgIpc) is 3.51. The Morgan fingerprint density at radius 2 is 1.26 bits per heavy atom. The molecule has 0 bridgehead atoms. The third-order valence-electron chi connectivity index (χ3n) is 4.46. The van der Waals surface area contributed by atoms with E-state index in [2.05, 4.69) is 48.2 Å². The number of hydrogen-bond acceptors (Lipinski definition) is 10. The molecule has 2 heterocycles. The summed E-state index contributed by atoms with van der Waals surface area (Å²) in [6.07, 6.45) is 2.39. The Morgan fingerprint density at radius 3 is 1.68 bits per heavy atom. The van der Waals surface area contributed by atoms with Crippen molar-refractivity contribution in [1.29, 1.82) is 0 Å². The summed E-state index contributed by atoms with van der Waals surface area (Å²) >= 11 is 11.1. The van der Waals surface area contributed by atoms with Crippen LogP contribution >= 0.6 is 70.6 Å². The predicted octanol–water partition coefficient (Wildman–Crippen LogP) is 6.91. The lowest BCUT2D eigenvalue weighted by molar-refractivity contribution is -0.137. The minimum absolute atomic E-state index is 0.332. The SMILES string of the molecule is C=CC(=O)OCC1=CSC(CSCc2ccccc2CSCC2SC=C(COC(=O)C=C)S2)S1. The second-order valence-corrected chi connectivity index (χ2v) is 14.4. The lowest BCUT2D eigenvalue weighted by Crippen LogP contribution is -2.04. The monoisotopic (exact) mass is 570 g/mol. The van der Waals surface area contributed by atoms with Gasteiger partial charge in [0, 0.05) is 45.0 Å². The summed E-state index contributed by atoms with van der Waals surface area (Å²) < 4.78 is 11.1. The molecular weight excluding hydrogens is 545 g/mol. The minimum atomic E-state index is -0.380. The van der Waals surface area contributed by atoms with E-state index >= 15 is 0 Å². The summed E-state index contributed by atoms with van der Waals surface area (Å²) in [7, 11) is 0. The second-order valence-electron chi connectivity index (χ2n) is 6.96. The molecule has 1 aromatic carbocycles. The van der Waals surface area contributed by atoms with Gasteiger partial charge in [0.2, 0.25) is 0 Å². The number of thioether (sulfide) groups is 6. The maximum atomic E-state index is 11.2. The van der Waals surface area contributed by atoms with E-state index in [0.717, 1.165) is 32.8 Å². The van der Waals surface area contributed by atoms with Crippen LogP contribution in [-0.2, 0) is 30.6 Å². The maximum Gasteiger partial charge on any atom is 0.330 e. The summed E-state index contributed by atoms with van der Waals surface area (Å²) in [5.41, 5.74) is 2.78. The first-order chi connectivity index (χ1) is 16.6. The Morgan fingerprint density at radius 1 is 0.824 bits per heavy atom. The molecule has 0 N–H and O–H groups in total. The highest BCUT2D eigenvalue weighted by Crippen LogP contribution is 2.43. The summed E-state index contributed by atoms with van der Waals surface area (Å²) in [6, 6.07) is 8.67. The molecule has 0 fully saturated rings. The minimum Gasteiger partial charge on any atom is -0.457 e. The summed E-state index contributed by atoms with van der Waals surface area (Å²) in [5.74, 6) is 3.29. The molecule has 10 heteroatoms. The van der Waals surface area contributed by atoms with Crippen LogP contribution in [0.2, 0.25) is 0 Å². The van der Waals surface area contributed by atoms with Crippen LogP contribution in [-0.4, -0.2) is 45.8 Å². The van der Waals surface area contributed by atoms with Gasteiger partial charge in [0.25, 0.3) is 0 Å². The third kappa shape index (κ3) is 9.70. The van der Waals surface area contributed by atoms with Gasteiger partial charge in [0.1, 0.15) is 13.2 Å². The number of hydrogen-bond donors (Lipinski definition) is 0. The van der Waals surface area contributed by atoms with E-state index in [0.29, 0.717) is 22.4 Å². The predicted molar refractivity (Wildman–Crippen MR) is 155 cm³/mol. The fourth-order valence-electron chi connectivity index (χ4n) is 2.81. The highest BCUT2D eigenvalue weighted by Gasteiger charge is 2.21. The highest BCUT2D eigenvalue weighted by molar-refractivity contribution is 8.24. The van der Waals surface area contributed by atoms with Crippen LogP contribution in [0.1, 0.15) is 11.1 Å². The number of carbonyl (C=O) groups is 2. The molecule has 0 radical (unpaired) electrons. The first-order valence-corrected chi connectivity index (χ1v) is 16.4. The van der Waals surface area contributed by atoms with Crippen LogP contribution in [0.5, 0.6) is 0 Å². The van der Waals surface area contributed by atoms with Gasteiger partial charge >= 0.3 is 11.9 Å². The molecule has 182 valence electrons. The molecule has 0 saturated carbocycles. The Kier molecular flexibility index (Phi) is 12.6. The van der Waals surface area contributed by atoms with E-state index in [1.165, 1.54) is 23.3 Å². The number of esters is 2. The van der Waals surface area contributed by atoms with Crippen molar-refractivity contribution in [2.75, 3.05) is 24.7 Å². The zero-order chi connectivity index (χ0) is 24.2. The number of ether oxygens (including phenoxy) is 2. The van der Waals surface area contributed by atoms with Crippen LogP contribution in [0, 0.1) is 0 Å². The van der Waals surface area contributed by atoms with E-state index in [9.17, 15) is 9.59 Å². The van der Waals surface area contributed by atoms with Crippen LogP contribution in [0.25, 0.3) is 0 Å². The van der Waals surface area contributed by atoms with Gasteiger partial charge in [-0.2, -0.15) is 23.5 Å². The topological polar surface area (TPSA) is 52.6 Å². The van der Waals surface area contributed by atoms with Crippen molar-refractivity contribution in [3.8, 4) is 0 Å². The zero-order valence-electron chi connectivity index (χ0n) is 18.5. The van der Waals surface area contributed by atoms with Crippen molar-refractivity contribution < 1.29 is 19.1 Å². The lowest BCUT2D eigenvalue weighted by atomic mass is 10.1. The molecule has 0 saturated heterocycles. The molecule has 0 aliphatic carbocycles. The average molecular weight is 571 g/mol. The molecule has 0 spiro atoms. The Bertz CT molecular complexity index is 870. The van der Waals surface area contributed by atoms with Crippen LogP contribution < -0.4 is 0 Å². The fraction of sp³-hybridized carbons (Fsp3) is 0.333. The summed E-state index contributed by atoms with van der Waals surface area (Å²) in [5, 5.41) is 4.19. The van der Waals surface area contributed by atoms with Gasteiger partial charge in [0.05, 0.1) is 9.16 Å². The van der Waals surface area contributed by atoms with Crippen molar-refractivity contribution in [1.82, 2.24) is 0 Å². The first kappa shape index (κ1) is 27.8. The molecular formula is C24H26O4S6. The molecule has 4 nitrogen and oxygen atoms in total. The van der Waals surface area contributed by atoms with Gasteiger partial charge in [-0.15, -0.1) is 47.0 Å². The molecule has 2 aliphatic rings. The van der Waals surface area contributed by atoms with Crippen molar-refractivity contribution in [2.24, 2.45) is 0 Å². The van der Waals surface area contributed by atoms with Crippen LogP contribution in [0.15, 0.2) is 70.2 Å². The van der Waals surface area contributed by atoms with Crippen molar-refractivity contribution in [3.05, 3.63) is 81.3 Å². The van der Waals surface area contributed by atoms with E-state index in [1.807, 2.05) is 23.5 Å². The smallest absolute Gasteiger partial charge is 0.330 e. The molecule has 1 aromatic rings. The Balaban J connectivity index is 1.33. The van der Waals surface area contributed by atoms with Gasteiger partial charge in [-0.3, -0.25) is 0 Å². The van der Waals surface area contributed by atoms with Gasteiger partial charge in [-0.05, 0) is 21.9 Å². The highest BCUT2D eigenvalue weighted by atomic mass is 32.2. The molecule has 0 aromatic heterocycles. The van der Waals surface area contributed by atoms with Crippen LogP contribution in [0.3, 0.4) is 0 Å². The molecule has 3 rings (SSSR count). The van der Waals surface area contributed by atoms with Crippen molar-refractivity contribution in [2.45, 2.75) is 20.7 Å². The lowest BCUT2D eigenvalue weighted by Gasteiger charge is -2.13. The van der Waals surface area contributed by atoms with E-state index in [1.54, 1.807) is 47.0 Å². The van der Waals surface area contributed by atoms with Gasteiger partial charge < -0.3 is 9.47 Å². The normalized spacial score (nSPS) is 19.3. The summed E-state index contributed by atoms with van der Waals surface area (Å²) in [4.78, 5) is 24.6. The molecule has 2 atom stereocenters. The quantitative estimate of drug-likeness (QED) is 0.174. The number of benzene rings is 1. The number of carbonyl (C=O) groups excluding carboxylic acids is 2. The molecule has 34 heavy (non-hydrogen) atoms. The Labute approximate surface area is 227 Å². The summed E-state index contributed by atoms with van der Waals surface area (Å²) in [6.45, 7) is 7.50. The second kappa shape index (κ2) is 15.4. The van der Waals surface area contributed by atoms with E-state index in [-0.39, 0.29) is 11.9 Å². The van der Waals surface area contributed by atoms with Crippen molar-refractivity contribution in [3.63, 3.8) is 0 Å². The molecule has 2 unspecified atom stereocenters. The third-order valence-corrected chi connectivity index (χ3v) is 12.7. The Hall–Kier alpha value is -0.780. The van der Waals surface area contributed by atoms with Gasteiger partial charge in [-0.25, -0.2) is 9.59 Å². The van der Waals surface area contributed by atoms with Gasteiger partial charge in [0.15, 0.2) is 0 Å². The molecule has 0 amide bonds. The van der Waals surface area contributed by atoms with Gasteiger partial charge in [-0.1, -0.05) is 37.4 Å². The van der Waals surface area contributed by atoms with E-state index in [4.69, 9.17) is 9.47 Å². The van der Waals surface area contributed by atoms with Crippen LogP contribution in [0.4, 0.5) is 0 Å². The largest absolute Gasteiger partial charge is 0.457 e. The first-order valence-electron chi connectivity index (χ1n) is 10.4. The number of rotatable bonds is 14. The molecule has 2 aliphatic heterocycles. The van der Waals surface area contributed by atoms with Crippen molar-refractivity contribution >= 4 is 82.5 Å². The fourth-order valence-corrected chi connectivity index (χ4v) is 10.7. The maximum absolute atomic E-state index is 11.2. The van der Waals surface area contributed by atoms with E-state index < -0.39 is 0 Å². The standard InChI is InChI=1S/C24H26O4S6/c1-3-21(25)27-9-19-13-31-23(33-19)15-29-11-17-7-5-6-8-18(17)12-30-16-24-32-14-20(34-24)10-28-22(26)4-2/h3-8,13-14,23-24H,1-2,9-12,15-16H2.